The quantitative estimate of drug-likeness (QED) is 0.890. The molecule has 0 aliphatic carbocycles. The molecule has 5 nitrogen and oxygen atoms in total. The molecule has 1 aliphatic heterocycles. The molecule has 7 heteroatoms. The third kappa shape index (κ3) is 2.22. The Bertz CT molecular complexity index is 625. The SMILES string of the molecule is Cc1cccc(N2C(c3cn[nH]c3)=C(Cl)SC2N)n1. The van der Waals surface area contributed by atoms with E-state index in [2.05, 4.69) is 15.2 Å². The third-order valence-electron chi connectivity index (χ3n) is 2.80. The van der Waals surface area contributed by atoms with Gasteiger partial charge in [0.1, 0.15) is 15.7 Å². The van der Waals surface area contributed by atoms with Crippen molar-refractivity contribution in [3.8, 4) is 0 Å². The van der Waals surface area contributed by atoms with Gasteiger partial charge < -0.3 is 5.73 Å². The summed E-state index contributed by atoms with van der Waals surface area (Å²) in [5, 5.41) is 6.74. The minimum atomic E-state index is -0.285. The molecule has 1 aliphatic rings. The third-order valence-corrected chi connectivity index (χ3v) is 4.10. The van der Waals surface area contributed by atoms with Crippen LogP contribution in [0.15, 0.2) is 35.0 Å². The van der Waals surface area contributed by atoms with Crippen LogP contribution < -0.4 is 10.6 Å². The maximum absolute atomic E-state index is 6.30. The number of hydrogen-bond donors (Lipinski definition) is 2. The first kappa shape index (κ1) is 12.5. The summed E-state index contributed by atoms with van der Waals surface area (Å²) in [4.78, 5) is 6.43. The molecule has 3 heterocycles. The zero-order valence-electron chi connectivity index (χ0n) is 10.2. The second kappa shape index (κ2) is 4.88. The fourth-order valence-electron chi connectivity index (χ4n) is 1.98. The highest BCUT2D eigenvalue weighted by molar-refractivity contribution is 8.05. The van der Waals surface area contributed by atoms with E-state index in [-0.39, 0.29) is 5.50 Å². The summed E-state index contributed by atoms with van der Waals surface area (Å²) in [6.07, 6.45) is 3.51. The van der Waals surface area contributed by atoms with E-state index in [0.717, 1.165) is 22.8 Å². The van der Waals surface area contributed by atoms with Gasteiger partial charge in [-0.15, -0.1) is 0 Å². The summed E-state index contributed by atoms with van der Waals surface area (Å²) in [6, 6.07) is 5.82. The Labute approximate surface area is 119 Å². The Hall–Kier alpha value is -1.50. The summed E-state index contributed by atoms with van der Waals surface area (Å²) >= 11 is 7.70. The van der Waals surface area contributed by atoms with Gasteiger partial charge in [0.15, 0.2) is 0 Å². The zero-order valence-corrected chi connectivity index (χ0v) is 11.7. The van der Waals surface area contributed by atoms with Crippen LogP contribution in [0.2, 0.25) is 0 Å². The van der Waals surface area contributed by atoms with Gasteiger partial charge >= 0.3 is 0 Å². The lowest BCUT2D eigenvalue weighted by molar-refractivity contribution is 0.911. The van der Waals surface area contributed by atoms with Crippen LogP contribution in [-0.4, -0.2) is 20.7 Å². The molecule has 3 N–H and O–H groups in total. The summed E-state index contributed by atoms with van der Waals surface area (Å²) in [7, 11) is 0. The number of halogens is 1. The predicted octanol–water partition coefficient (Wildman–Crippen LogP) is 2.47. The topological polar surface area (TPSA) is 70.8 Å². The Morgan fingerprint density at radius 3 is 3.00 bits per heavy atom. The highest BCUT2D eigenvalue weighted by atomic mass is 35.5. The molecule has 0 amide bonds. The normalized spacial score (nSPS) is 19.3. The maximum Gasteiger partial charge on any atom is 0.137 e. The number of aromatic nitrogens is 3. The van der Waals surface area contributed by atoms with Crippen LogP contribution >= 0.6 is 23.4 Å². The first-order valence-corrected chi connectivity index (χ1v) is 6.96. The number of nitrogens with two attached hydrogens (primary N) is 1. The molecule has 19 heavy (non-hydrogen) atoms. The molecule has 1 atom stereocenters. The van der Waals surface area contributed by atoms with Crippen LogP contribution in [0.1, 0.15) is 11.3 Å². The largest absolute Gasteiger partial charge is 0.302 e. The number of thioether (sulfide) groups is 1. The summed E-state index contributed by atoms with van der Waals surface area (Å²) in [5.41, 5.74) is 8.53. The van der Waals surface area contributed by atoms with Gasteiger partial charge in [0.2, 0.25) is 0 Å². The van der Waals surface area contributed by atoms with Crippen molar-refractivity contribution in [1.29, 1.82) is 0 Å². The Kier molecular flexibility index (Phi) is 3.22. The first-order chi connectivity index (χ1) is 9.16. The molecule has 0 fully saturated rings. The molecule has 2 aromatic rings. The monoisotopic (exact) mass is 293 g/mol. The molecule has 3 rings (SSSR count). The number of nitrogens with one attached hydrogen (secondary N) is 1. The lowest BCUT2D eigenvalue weighted by Crippen LogP contribution is -2.35. The van der Waals surface area contributed by atoms with E-state index in [1.165, 1.54) is 11.8 Å². The number of rotatable bonds is 2. The maximum atomic E-state index is 6.30. The predicted molar refractivity (Wildman–Crippen MR) is 78.4 cm³/mol. The van der Waals surface area contributed by atoms with Gasteiger partial charge in [-0.05, 0) is 19.1 Å². The van der Waals surface area contributed by atoms with E-state index < -0.39 is 0 Å². The van der Waals surface area contributed by atoms with E-state index in [1.54, 1.807) is 12.4 Å². The number of nitrogens with zero attached hydrogens (tertiary/aromatic N) is 3. The smallest absolute Gasteiger partial charge is 0.137 e. The number of H-pyrrole nitrogens is 1. The number of aromatic amines is 1. The molecule has 0 bridgehead atoms. The van der Waals surface area contributed by atoms with Crippen LogP contribution in [0.3, 0.4) is 0 Å². The van der Waals surface area contributed by atoms with Crippen molar-refractivity contribution in [3.05, 3.63) is 46.2 Å². The lowest BCUT2D eigenvalue weighted by Gasteiger charge is -2.24. The van der Waals surface area contributed by atoms with Crippen molar-refractivity contribution in [2.24, 2.45) is 5.73 Å². The average Bonchev–Trinajstić information content (AvgIpc) is 2.96. The van der Waals surface area contributed by atoms with Gasteiger partial charge in [-0.1, -0.05) is 29.4 Å². The molecular formula is C12H12ClN5S. The molecule has 2 aromatic heterocycles. The van der Waals surface area contributed by atoms with Crippen LogP contribution in [0.25, 0.3) is 5.70 Å². The van der Waals surface area contributed by atoms with Gasteiger partial charge in [-0.25, -0.2) is 4.98 Å². The molecule has 0 saturated carbocycles. The van der Waals surface area contributed by atoms with Crippen LogP contribution in [-0.2, 0) is 0 Å². The van der Waals surface area contributed by atoms with E-state index >= 15 is 0 Å². The molecule has 0 radical (unpaired) electrons. The summed E-state index contributed by atoms with van der Waals surface area (Å²) in [5.74, 6) is 0.784. The second-order valence-corrected chi connectivity index (χ2v) is 5.85. The van der Waals surface area contributed by atoms with Crippen LogP contribution in [0.5, 0.6) is 0 Å². The summed E-state index contributed by atoms with van der Waals surface area (Å²) < 4.78 is 0.650. The van der Waals surface area contributed by atoms with Gasteiger partial charge in [-0.2, -0.15) is 5.10 Å². The highest BCUT2D eigenvalue weighted by Crippen LogP contribution is 2.44. The molecule has 0 saturated heterocycles. The van der Waals surface area contributed by atoms with Crippen molar-refractivity contribution in [2.75, 3.05) is 4.90 Å². The van der Waals surface area contributed by atoms with Crippen molar-refractivity contribution in [1.82, 2.24) is 15.2 Å². The standard InChI is InChI=1S/C12H12ClN5S/c1-7-3-2-4-9(17-7)18-10(8-5-15-16-6-8)11(13)19-12(18)14/h2-6,12H,14H2,1H3,(H,15,16). The van der Waals surface area contributed by atoms with E-state index in [0.29, 0.717) is 4.36 Å². The fourth-order valence-corrected chi connectivity index (χ4v) is 3.31. The van der Waals surface area contributed by atoms with Crippen molar-refractivity contribution in [3.63, 3.8) is 0 Å². The Morgan fingerprint density at radius 2 is 2.32 bits per heavy atom. The van der Waals surface area contributed by atoms with Crippen LogP contribution in [0, 0.1) is 6.92 Å². The molecule has 0 spiro atoms. The van der Waals surface area contributed by atoms with Crippen molar-refractivity contribution in [2.45, 2.75) is 12.4 Å². The average molecular weight is 294 g/mol. The molecule has 98 valence electrons. The summed E-state index contributed by atoms with van der Waals surface area (Å²) in [6.45, 7) is 1.95. The van der Waals surface area contributed by atoms with Crippen molar-refractivity contribution < 1.29 is 0 Å². The number of aryl methyl sites for hydroxylation is 1. The number of hydrogen-bond acceptors (Lipinski definition) is 5. The van der Waals surface area contributed by atoms with Gasteiger partial charge in [0.25, 0.3) is 0 Å². The minimum absolute atomic E-state index is 0.285. The zero-order chi connectivity index (χ0) is 13.4. The molecule has 0 aromatic carbocycles. The van der Waals surface area contributed by atoms with E-state index in [9.17, 15) is 0 Å². The van der Waals surface area contributed by atoms with Crippen LogP contribution in [0.4, 0.5) is 5.82 Å². The molecule has 1 unspecified atom stereocenters. The minimum Gasteiger partial charge on any atom is -0.302 e. The van der Waals surface area contributed by atoms with Crippen molar-refractivity contribution >= 4 is 34.9 Å². The highest BCUT2D eigenvalue weighted by Gasteiger charge is 2.32. The molecular weight excluding hydrogens is 282 g/mol. The Balaban J connectivity index is 2.08. The van der Waals surface area contributed by atoms with E-state index in [4.69, 9.17) is 17.3 Å². The lowest BCUT2D eigenvalue weighted by atomic mass is 10.2. The van der Waals surface area contributed by atoms with Gasteiger partial charge in [0.05, 0.1) is 11.9 Å². The first-order valence-electron chi connectivity index (χ1n) is 5.71. The Morgan fingerprint density at radius 1 is 1.47 bits per heavy atom. The number of anilines is 1. The fraction of sp³-hybridized carbons (Fsp3) is 0.167. The second-order valence-electron chi connectivity index (χ2n) is 4.12. The van der Waals surface area contributed by atoms with Gasteiger partial charge in [0, 0.05) is 17.5 Å². The number of pyridine rings is 1. The van der Waals surface area contributed by atoms with E-state index in [1.807, 2.05) is 30.0 Å². The van der Waals surface area contributed by atoms with Gasteiger partial charge in [-0.3, -0.25) is 10.00 Å².